The third-order valence-corrected chi connectivity index (χ3v) is 6.34. The molecule has 0 saturated heterocycles. The summed E-state index contributed by atoms with van der Waals surface area (Å²) in [5, 5.41) is 12.5. The van der Waals surface area contributed by atoms with Gasteiger partial charge in [-0.25, -0.2) is 0 Å². The number of carbonyl (C=O) groups excluding carboxylic acids is 2. The topological polar surface area (TPSA) is 120 Å². The second-order valence-corrected chi connectivity index (χ2v) is 8.41. The molecule has 1 heterocycles. The number of ketones is 1. The van der Waals surface area contributed by atoms with Gasteiger partial charge in [-0.3, -0.25) is 4.79 Å². The summed E-state index contributed by atoms with van der Waals surface area (Å²) in [5.41, 5.74) is 2.06. The molecule has 0 aliphatic heterocycles. The Hall–Kier alpha value is -2.80. The smallest absolute Gasteiger partial charge is 0.545 e. The van der Waals surface area contributed by atoms with Crippen LogP contribution in [0.2, 0.25) is 0 Å². The number of fused-ring (bicyclic) bond motifs is 1. The third-order valence-electron chi connectivity index (χ3n) is 5.78. The zero-order valence-corrected chi connectivity index (χ0v) is 25.5. The molecule has 9 nitrogen and oxygen atoms in total. The fourth-order valence-corrected chi connectivity index (χ4v) is 4.51. The summed E-state index contributed by atoms with van der Waals surface area (Å²) in [4.78, 5) is 26.4. The summed E-state index contributed by atoms with van der Waals surface area (Å²) in [6, 6.07) is 14.6. The maximum atomic E-state index is 13.8. The Kier molecular flexibility index (Phi) is 10.4. The normalized spacial score (nSPS) is 11.3. The van der Waals surface area contributed by atoms with Crippen molar-refractivity contribution in [3.8, 4) is 23.0 Å². The van der Waals surface area contributed by atoms with Crippen LogP contribution in [0.15, 0.2) is 60.2 Å². The first-order valence-corrected chi connectivity index (χ1v) is 11.8. The van der Waals surface area contributed by atoms with Crippen LogP contribution in [0, 0.1) is 0 Å². The number of hydrogen-bond acceptors (Lipinski definition) is 10. The van der Waals surface area contributed by atoms with E-state index in [-0.39, 0.29) is 74.5 Å². The van der Waals surface area contributed by atoms with E-state index in [1.54, 1.807) is 54.6 Å². The standard InChI is InChI=1S/C27H24N2O7S.K/c1-33-18-8-5-16(6-9-18)25(30)19(11-15-12-22(34-2)26(36-4)23(13-15)35-3)24(27(31)32)17-7-10-20-21(14-17)29-37-28-20;/h5-10,12-14H,11H2,1-4H3,(H,31,32);/q;+1/p-1. The number of hydrogen-bond donors (Lipinski definition) is 0. The molecule has 11 heteroatoms. The van der Waals surface area contributed by atoms with Gasteiger partial charge in [0.15, 0.2) is 17.3 Å². The van der Waals surface area contributed by atoms with Crippen LogP contribution in [0.5, 0.6) is 23.0 Å². The molecule has 0 atom stereocenters. The Morgan fingerprint density at radius 1 is 0.789 bits per heavy atom. The Labute approximate surface area is 266 Å². The molecular weight excluding hydrogens is 535 g/mol. The van der Waals surface area contributed by atoms with Crippen LogP contribution in [-0.4, -0.2) is 48.9 Å². The molecule has 0 aliphatic rings. The van der Waals surface area contributed by atoms with Crippen LogP contribution >= 0.6 is 11.7 Å². The van der Waals surface area contributed by atoms with Crippen molar-refractivity contribution < 1.29 is 85.0 Å². The average molecular weight is 559 g/mol. The number of rotatable bonds is 10. The Morgan fingerprint density at radius 2 is 1.39 bits per heavy atom. The minimum atomic E-state index is -1.49. The Balaban J connectivity index is 0.00000400. The van der Waals surface area contributed by atoms with Gasteiger partial charge in [-0.1, -0.05) is 6.07 Å². The van der Waals surface area contributed by atoms with Gasteiger partial charge in [0.2, 0.25) is 5.75 Å². The molecule has 0 radical (unpaired) electrons. The fourth-order valence-electron chi connectivity index (χ4n) is 3.99. The molecule has 190 valence electrons. The number of carboxylic acids is 1. The summed E-state index contributed by atoms with van der Waals surface area (Å²) in [6.45, 7) is 0. The van der Waals surface area contributed by atoms with Crippen molar-refractivity contribution in [3.05, 3.63) is 76.9 Å². The van der Waals surface area contributed by atoms with Crippen LogP contribution in [0.4, 0.5) is 0 Å². The van der Waals surface area contributed by atoms with Crippen LogP contribution in [0.3, 0.4) is 0 Å². The van der Waals surface area contributed by atoms with Crippen molar-refractivity contribution in [1.29, 1.82) is 0 Å². The maximum Gasteiger partial charge on any atom is 1.00 e. The van der Waals surface area contributed by atoms with E-state index in [0.717, 1.165) is 11.7 Å². The molecule has 1 aromatic heterocycles. The minimum absolute atomic E-state index is 0. The Bertz CT molecular complexity index is 1470. The van der Waals surface area contributed by atoms with Gasteiger partial charge in [0.25, 0.3) is 0 Å². The number of carbonyl (C=O) groups is 2. The molecular formula is C27H23KN2O7S. The zero-order valence-electron chi connectivity index (χ0n) is 21.6. The number of ether oxygens (including phenoxy) is 4. The molecule has 4 aromatic rings. The summed E-state index contributed by atoms with van der Waals surface area (Å²) >= 11 is 1.01. The number of Topliss-reactive ketones (excluding diaryl/α,β-unsaturated/α-hetero) is 1. The summed E-state index contributed by atoms with van der Waals surface area (Å²) in [6.07, 6.45) is -0.0573. The molecule has 38 heavy (non-hydrogen) atoms. The summed E-state index contributed by atoms with van der Waals surface area (Å²) in [5.74, 6) is -0.286. The SMILES string of the molecule is COc1ccc(C(=O)C(Cc2cc(OC)c(OC)c(OC)c2)=C(C(=O)[O-])c2ccc3nsnc3c2)cc1.[K+]. The number of benzene rings is 3. The van der Waals surface area contributed by atoms with Gasteiger partial charge in [-0.05, 0) is 59.7 Å². The number of allylic oxidation sites excluding steroid dienone is 1. The Morgan fingerprint density at radius 3 is 1.95 bits per heavy atom. The number of aromatic nitrogens is 2. The van der Waals surface area contributed by atoms with Crippen molar-refractivity contribution >= 4 is 40.1 Å². The number of carboxylic acid groups (broad SMARTS) is 1. The molecule has 0 unspecified atom stereocenters. The van der Waals surface area contributed by atoms with E-state index < -0.39 is 11.8 Å². The monoisotopic (exact) mass is 558 g/mol. The van der Waals surface area contributed by atoms with Gasteiger partial charge in [-0.2, -0.15) is 8.75 Å². The molecule has 0 N–H and O–H groups in total. The van der Waals surface area contributed by atoms with Gasteiger partial charge in [0.05, 0.1) is 46.1 Å². The average Bonchev–Trinajstić information content (AvgIpc) is 3.39. The predicted molar refractivity (Wildman–Crippen MR) is 136 cm³/mol. The molecule has 0 aliphatic carbocycles. The van der Waals surface area contributed by atoms with Gasteiger partial charge in [-0.15, -0.1) is 0 Å². The zero-order chi connectivity index (χ0) is 26.5. The second kappa shape index (κ2) is 13.3. The van der Waals surface area contributed by atoms with E-state index in [9.17, 15) is 14.7 Å². The first-order chi connectivity index (χ1) is 17.9. The molecule has 0 bridgehead atoms. The number of methoxy groups -OCH3 is 4. The largest absolute Gasteiger partial charge is 1.00 e. The molecule has 0 spiro atoms. The van der Waals surface area contributed by atoms with Crippen molar-refractivity contribution in [3.63, 3.8) is 0 Å². The van der Waals surface area contributed by atoms with Crippen molar-refractivity contribution in [2.45, 2.75) is 6.42 Å². The number of aliphatic carboxylic acids is 1. The molecule has 4 rings (SSSR count). The molecule has 0 saturated carbocycles. The fraction of sp³-hybridized carbons (Fsp3) is 0.185. The van der Waals surface area contributed by atoms with Crippen LogP contribution in [0.1, 0.15) is 21.5 Å². The first-order valence-electron chi connectivity index (χ1n) is 11.0. The van der Waals surface area contributed by atoms with E-state index in [1.807, 2.05) is 0 Å². The van der Waals surface area contributed by atoms with E-state index >= 15 is 0 Å². The van der Waals surface area contributed by atoms with Gasteiger partial charge < -0.3 is 28.8 Å². The van der Waals surface area contributed by atoms with Crippen LogP contribution in [0.25, 0.3) is 16.6 Å². The van der Waals surface area contributed by atoms with Gasteiger partial charge in [0.1, 0.15) is 16.8 Å². The van der Waals surface area contributed by atoms with E-state index in [0.29, 0.717) is 45.2 Å². The predicted octanol–water partition coefficient (Wildman–Crippen LogP) is 0.359. The van der Waals surface area contributed by atoms with Crippen molar-refractivity contribution in [1.82, 2.24) is 8.75 Å². The molecule has 0 amide bonds. The molecule has 3 aromatic carbocycles. The quantitative estimate of drug-likeness (QED) is 0.154. The van der Waals surface area contributed by atoms with Crippen molar-refractivity contribution in [2.24, 2.45) is 0 Å². The van der Waals surface area contributed by atoms with Crippen molar-refractivity contribution in [2.75, 3.05) is 28.4 Å². The van der Waals surface area contributed by atoms with E-state index in [4.69, 9.17) is 18.9 Å². The van der Waals surface area contributed by atoms with Crippen LogP contribution < -0.4 is 75.4 Å². The number of nitrogens with zero attached hydrogens (tertiary/aromatic N) is 2. The van der Waals surface area contributed by atoms with Gasteiger partial charge in [0, 0.05) is 23.1 Å². The van der Waals surface area contributed by atoms with E-state index in [2.05, 4.69) is 8.75 Å². The van der Waals surface area contributed by atoms with Crippen LogP contribution in [-0.2, 0) is 11.2 Å². The summed E-state index contributed by atoms with van der Waals surface area (Å²) < 4.78 is 29.8. The minimum Gasteiger partial charge on any atom is -0.545 e. The van der Waals surface area contributed by atoms with Gasteiger partial charge >= 0.3 is 51.4 Å². The summed E-state index contributed by atoms with van der Waals surface area (Å²) in [7, 11) is 5.95. The molecule has 0 fully saturated rings. The second-order valence-electron chi connectivity index (χ2n) is 7.88. The van der Waals surface area contributed by atoms with E-state index in [1.165, 1.54) is 28.4 Å². The third kappa shape index (κ3) is 6.25. The first kappa shape index (κ1) is 29.7. The maximum absolute atomic E-state index is 13.8.